The number of hydrogen-bond acceptors (Lipinski definition) is 5. The van der Waals surface area contributed by atoms with Crippen LogP contribution in [0.15, 0.2) is 36.4 Å². The molecule has 1 aliphatic heterocycles. The number of amides is 2. The number of benzene rings is 1. The molecule has 0 radical (unpaired) electrons. The highest BCUT2D eigenvalue weighted by molar-refractivity contribution is 5.90. The predicted molar refractivity (Wildman–Crippen MR) is 177 cm³/mol. The molecule has 44 heavy (non-hydrogen) atoms. The number of allylic oxidation sites excluding steroid dienone is 2. The smallest absolute Gasteiger partial charge is 0.312 e. The van der Waals surface area contributed by atoms with Crippen molar-refractivity contribution in [2.75, 3.05) is 18.5 Å². The molecule has 1 aromatic carbocycles. The van der Waals surface area contributed by atoms with Crippen molar-refractivity contribution >= 4 is 23.5 Å². The van der Waals surface area contributed by atoms with E-state index in [1.54, 1.807) is 38.1 Å². The summed E-state index contributed by atoms with van der Waals surface area (Å²) in [7, 11) is 0. The molecule has 2 amide bonds. The number of carbonyl (C=O) groups is 3. The molecule has 0 bridgehead atoms. The summed E-state index contributed by atoms with van der Waals surface area (Å²) in [5.74, 6) is -3.28. The van der Waals surface area contributed by atoms with Gasteiger partial charge in [-0.2, -0.15) is 0 Å². The molecule has 2 unspecified atom stereocenters. The van der Waals surface area contributed by atoms with Crippen LogP contribution >= 0.6 is 0 Å². The Kier molecular flexibility index (Phi) is 16.7. The second-order valence-electron chi connectivity index (χ2n) is 13.3. The normalized spacial score (nSPS) is 18.2. The van der Waals surface area contributed by atoms with Gasteiger partial charge in [-0.25, -0.2) is 0 Å². The summed E-state index contributed by atoms with van der Waals surface area (Å²) >= 11 is 0. The van der Waals surface area contributed by atoms with E-state index in [4.69, 9.17) is 9.47 Å². The Labute approximate surface area is 265 Å². The van der Waals surface area contributed by atoms with E-state index >= 15 is 0 Å². The van der Waals surface area contributed by atoms with Gasteiger partial charge in [0.25, 0.3) is 0 Å². The molecular formula is C36H58N2O6. The summed E-state index contributed by atoms with van der Waals surface area (Å²) in [5, 5.41) is 15.5. The minimum absolute atomic E-state index is 0.0422. The number of carboxylic acid groups (broad SMARTS) is 1. The van der Waals surface area contributed by atoms with E-state index in [0.29, 0.717) is 24.3 Å². The molecule has 0 aromatic heterocycles. The standard InChI is InChI=1S/C36H58N2O6/c1-6-7-8-9-10-11-12-13-14-15-16-17-18-19-20-21-31(39)38-29-24-22-28(23-25-29)30(34(41)42)26-37-33(40)32-35(2,3)27-43-36(4,5)44-32/h13-14,22-25,30,32H,6-12,15-21,26-27H2,1-5H3,(H,37,40)(H,38,39)(H,41,42). The third-order valence-corrected chi connectivity index (χ3v) is 8.18. The quantitative estimate of drug-likeness (QED) is 0.0952. The molecule has 1 saturated heterocycles. The topological polar surface area (TPSA) is 114 Å². The first kappa shape index (κ1) is 37.5. The van der Waals surface area contributed by atoms with Gasteiger partial charge in [0, 0.05) is 24.1 Å². The average Bonchev–Trinajstić information content (AvgIpc) is 2.97. The minimum atomic E-state index is -1.04. The van der Waals surface area contributed by atoms with Crippen molar-refractivity contribution in [3.8, 4) is 0 Å². The van der Waals surface area contributed by atoms with Crippen LogP contribution in [-0.4, -0.2) is 47.9 Å². The number of ether oxygens (including phenoxy) is 2. The molecule has 0 aliphatic carbocycles. The van der Waals surface area contributed by atoms with E-state index in [0.717, 1.165) is 25.7 Å². The van der Waals surface area contributed by atoms with Crippen molar-refractivity contribution in [1.82, 2.24) is 5.32 Å². The van der Waals surface area contributed by atoms with Crippen LogP contribution in [-0.2, 0) is 23.9 Å². The lowest BCUT2D eigenvalue weighted by Gasteiger charge is -2.44. The Bertz CT molecular complexity index is 1030. The van der Waals surface area contributed by atoms with Crippen LogP contribution in [0, 0.1) is 5.41 Å². The van der Waals surface area contributed by atoms with Crippen molar-refractivity contribution in [2.45, 2.75) is 142 Å². The molecule has 0 spiro atoms. The van der Waals surface area contributed by atoms with Gasteiger partial charge in [0.05, 0.1) is 12.5 Å². The molecule has 8 nitrogen and oxygen atoms in total. The fourth-order valence-corrected chi connectivity index (χ4v) is 5.34. The van der Waals surface area contributed by atoms with Crippen molar-refractivity contribution in [2.24, 2.45) is 5.41 Å². The van der Waals surface area contributed by atoms with Crippen molar-refractivity contribution in [3.05, 3.63) is 42.0 Å². The van der Waals surface area contributed by atoms with Crippen LogP contribution in [0.1, 0.15) is 136 Å². The van der Waals surface area contributed by atoms with Crippen LogP contribution in [0.25, 0.3) is 0 Å². The van der Waals surface area contributed by atoms with E-state index < -0.39 is 29.2 Å². The van der Waals surface area contributed by atoms with E-state index in [9.17, 15) is 19.5 Å². The summed E-state index contributed by atoms with van der Waals surface area (Å²) < 4.78 is 11.5. The number of hydrogen-bond donors (Lipinski definition) is 3. The Morgan fingerprint density at radius 1 is 0.886 bits per heavy atom. The fraction of sp³-hybridized carbons (Fsp3) is 0.694. The highest BCUT2D eigenvalue weighted by atomic mass is 16.7. The maximum Gasteiger partial charge on any atom is 0.312 e. The van der Waals surface area contributed by atoms with Gasteiger partial charge in [-0.15, -0.1) is 0 Å². The molecule has 2 rings (SSSR count). The zero-order valence-electron chi connectivity index (χ0n) is 27.9. The summed E-state index contributed by atoms with van der Waals surface area (Å²) in [6.07, 6.45) is 20.2. The van der Waals surface area contributed by atoms with E-state index in [1.807, 2.05) is 13.8 Å². The number of rotatable bonds is 21. The number of anilines is 1. The van der Waals surface area contributed by atoms with Crippen LogP contribution in [0.4, 0.5) is 5.69 Å². The summed E-state index contributed by atoms with van der Waals surface area (Å²) in [5.41, 5.74) is 0.613. The Hall–Kier alpha value is -2.71. The average molecular weight is 615 g/mol. The number of nitrogens with one attached hydrogen (secondary N) is 2. The second kappa shape index (κ2) is 19.6. The zero-order chi connectivity index (χ0) is 32.4. The molecule has 1 heterocycles. The van der Waals surface area contributed by atoms with Gasteiger partial charge in [-0.05, 0) is 63.6 Å². The van der Waals surface area contributed by atoms with Gasteiger partial charge in [-0.1, -0.05) is 96.4 Å². The number of aliphatic carboxylic acids is 1. The van der Waals surface area contributed by atoms with Gasteiger partial charge in [0.2, 0.25) is 11.8 Å². The van der Waals surface area contributed by atoms with Crippen LogP contribution in [0.5, 0.6) is 0 Å². The lowest BCUT2D eigenvalue weighted by atomic mass is 9.85. The predicted octanol–water partition coefficient (Wildman–Crippen LogP) is 8.12. The maximum absolute atomic E-state index is 13.0. The number of unbranched alkanes of at least 4 members (excludes halogenated alkanes) is 11. The van der Waals surface area contributed by atoms with Crippen molar-refractivity contribution in [1.29, 1.82) is 0 Å². The first-order valence-electron chi connectivity index (χ1n) is 16.8. The number of carbonyl (C=O) groups excluding carboxylic acids is 2. The first-order chi connectivity index (χ1) is 20.9. The van der Waals surface area contributed by atoms with Crippen LogP contribution < -0.4 is 10.6 Å². The highest BCUT2D eigenvalue weighted by Gasteiger charge is 2.45. The highest BCUT2D eigenvalue weighted by Crippen LogP contribution is 2.35. The number of carboxylic acids is 1. The monoisotopic (exact) mass is 614 g/mol. The Balaban J connectivity index is 1.65. The van der Waals surface area contributed by atoms with Gasteiger partial charge >= 0.3 is 5.97 Å². The summed E-state index contributed by atoms with van der Waals surface area (Å²) in [4.78, 5) is 37.4. The van der Waals surface area contributed by atoms with Crippen molar-refractivity contribution in [3.63, 3.8) is 0 Å². The minimum Gasteiger partial charge on any atom is -0.481 e. The summed E-state index contributed by atoms with van der Waals surface area (Å²) in [6, 6.07) is 6.78. The van der Waals surface area contributed by atoms with Gasteiger partial charge in [0.15, 0.2) is 5.79 Å². The third-order valence-electron chi connectivity index (χ3n) is 8.18. The van der Waals surface area contributed by atoms with Gasteiger partial charge in [0.1, 0.15) is 6.10 Å². The van der Waals surface area contributed by atoms with E-state index in [-0.39, 0.29) is 18.4 Å². The molecule has 2 atom stereocenters. The fourth-order valence-electron chi connectivity index (χ4n) is 5.34. The van der Waals surface area contributed by atoms with Crippen molar-refractivity contribution < 1.29 is 29.0 Å². The zero-order valence-corrected chi connectivity index (χ0v) is 27.9. The van der Waals surface area contributed by atoms with E-state index in [1.165, 1.54) is 57.8 Å². The largest absolute Gasteiger partial charge is 0.481 e. The molecule has 3 N–H and O–H groups in total. The molecule has 1 fully saturated rings. The van der Waals surface area contributed by atoms with Crippen LogP contribution in [0.3, 0.4) is 0 Å². The molecule has 8 heteroatoms. The first-order valence-corrected chi connectivity index (χ1v) is 16.8. The van der Waals surface area contributed by atoms with E-state index in [2.05, 4.69) is 29.7 Å². The van der Waals surface area contributed by atoms with Gasteiger partial charge < -0.3 is 25.2 Å². The molecule has 1 aliphatic rings. The SMILES string of the molecule is CCCCCCCCC=CCCCCCCCC(=O)Nc1ccc(C(CNC(=O)C2OC(C)(C)OCC2(C)C)C(=O)O)cc1. The molecule has 248 valence electrons. The maximum atomic E-state index is 13.0. The lowest BCUT2D eigenvalue weighted by Crippen LogP contribution is -2.56. The molecule has 0 saturated carbocycles. The van der Waals surface area contributed by atoms with Crippen LogP contribution in [0.2, 0.25) is 0 Å². The summed E-state index contributed by atoms with van der Waals surface area (Å²) in [6.45, 7) is 9.79. The van der Waals surface area contributed by atoms with Gasteiger partial charge in [-0.3, -0.25) is 14.4 Å². The second-order valence-corrected chi connectivity index (χ2v) is 13.3. The Morgan fingerprint density at radius 2 is 1.45 bits per heavy atom. The third kappa shape index (κ3) is 14.4. The molecule has 1 aromatic rings. The molecular weight excluding hydrogens is 556 g/mol. The Morgan fingerprint density at radius 3 is 2.05 bits per heavy atom. The lowest BCUT2D eigenvalue weighted by molar-refractivity contribution is -0.304.